The van der Waals surface area contributed by atoms with Crippen LogP contribution in [0.25, 0.3) is 16.6 Å². The molecule has 1 heterocycles. The van der Waals surface area contributed by atoms with Gasteiger partial charge in [0, 0.05) is 17.8 Å². The van der Waals surface area contributed by atoms with E-state index in [1.807, 2.05) is 18.2 Å². The number of aromatic nitrogens is 1. The highest BCUT2D eigenvalue weighted by atomic mass is 16.6. The first-order valence-corrected chi connectivity index (χ1v) is 6.03. The first-order valence-electron chi connectivity index (χ1n) is 6.03. The fraction of sp³-hybridized carbons (Fsp3) is 0. The molecule has 98 valence electrons. The quantitative estimate of drug-likeness (QED) is 0.529. The molecule has 1 aromatic heterocycles. The van der Waals surface area contributed by atoms with E-state index in [1.165, 1.54) is 22.8 Å². The lowest BCUT2D eigenvalue weighted by molar-refractivity contribution is -0.383. The van der Waals surface area contributed by atoms with Crippen LogP contribution in [0.1, 0.15) is 0 Å². The van der Waals surface area contributed by atoms with Gasteiger partial charge in [-0.2, -0.15) is 0 Å². The van der Waals surface area contributed by atoms with Gasteiger partial charge in [0.25, 0.3) is 11.2 Å². The summed E-state index contributed by atoms with van der Waals surface area (Å²) in [6.45, 7) is 0. The lowest BCUT2D eigenvalue weighted by atomic mass is 10.1. The fourth-order valence-electron chi connectivity index (χ4n) is 2.26. The average molecular weight is 266 g/mol. The second-order valence-corrected chi connectivity index (χ2v) is 4.31. The monoisotopic (exact) mass is 266 g/mol. The number of benzene rings is 2. The molecule has 0 amide bonds. The van der Waals surface area contributed by atoms with Crippen molar-refractivity contribution in [3.63, 3.8) is 0 Å². The number of rotatable bonds is 2. The van der Waals surface area contributed by atoms with E-state index < -0.39 is 4.92 Å². The van der Waals surface area contributed by atoms with Crippen molar-refractivity contribution >= 4 is 16.6 Å². The molecule has 3 aromatic rings. The molecule has 0 aliphatic carbocycles. The van der Waals surface area contributed by atoms with Crippen molar-refractivity contribution in [1.82, 2.24) is 4.57 Å². The van der Waals surface area contributed by atoms with Crippen LogP contribution in [0, 0.1) is 10.1 Å². The molecule has 5 nitrogen and oxygen atoms in total. The molecule has 0 fully saturated rings. The van der Waals surface area contributed by atoms with E-state index in [0.29, 0.717) is 16.6 Å². The molecule has 0 aliphatic rings. The second kappa shape index (κ2) is 4.62. The number of nitro groups is 1. The number of pyridine rings is 1. The summed E-state index contributed by atoms with van der Waals surface area (Å²) in [7, 11) is 0. The minimum absolute atomic E-state index is 0.00724. The summed E-state index contributed by atoms with van der Waals surface area (Å²) in [5, 5.41) is 11.5. The summed E-state index contributed by atoms with van der Waals surface area (Å²) >= 11 is 0. The molecule has 2 aromatic carbocycles. The minimum atomic E-state index is -0.442. The molecule has 0 N–H and O–H groups in total. The highest BCUT2D eigenvalue weighted by Crippen LogP contribution is 2.25. The predicted molar refractivity (Wildman–Crippen MR) is 76.2 cm³/mol. The maximum Gasteiger partial charge on any atom is 0.278 e. The third-order valence-electron chi connectivity index (χ3n) is 3.13. The maximum absolute atomic E-state index is 12.1. The normalized spacial score (nSPS) is 10.6. The summed E-state index contributed by atoms with van der Waals surface area (Å²) in [5.41, 5.74) is 0.984. The Morgan fingerprint density at radius 3 is 2.35 bits per heavy atom. The Kier molecular flexibility index (Phi) is 2.80. The lowest BCUT2D eigenvalue weighted by Gasteiger charge is -2.09. The van der Waals surface area contributed by atoms with Gasteiger partial charge >= 0.3 is 0 Å². The van der Waals surface area contributed by atoms with Crippen LogP contribution >= 0.6 is 0 Å². The molecule has 0 spiro atoms. The number of hydrogen-bond acceptors (Lipinski definition) is 3. The van der Waals surface area contributed by atoms with Gasteiger partial charge in [0.2, 0.25) is 0 Å². The van der Waals surface area contributed by atoms with Gasteiger partial charge < -0.3 is 0 Å². The smallest absolute Gasteiger partial charge is 0.277 e. The van der Waals surface area contributed by atoms with Crippen LogP contribution in [0.4, 0.5) is 5.69 Å². The molecule has 0 atom stereocenters. The second-order valence-electron chi connectivity index (χ2n) is 4.31. The van der Waals surface area contributed by atoms with Gasteiger partial charge in [0.1, 0.15) is 0 Å². The molecule has 3 rings (SSSR count). The Bertz CT molecular complexity index is 854. The van der Waals surface area contributed by atoms with E-state index >= 15 is 0 Å². The zero-order chi connectivity index (χ0) is 14.1. The SMILES string of the molecule is O=c1ccc2c([N+](=O)[O-])cccc2n1-c1ccccc1. The largest absolute Gasteiger partial charge is 0.278 e. The zero-order valence-electron chi connectivity index (χ0n) is 10.4. The number of nitro benzene ring substituents is 1. The predicted octanol–water partition coefficient (Wildman–Crippen LogP) is 2.90. The van der Waals surface area contributed by atoms with Gasteiger partial charge in [-0.25, -0.2) is 0 Å². The minimum Gasteiger partial charge on any atom is -0.277 e. The third-order valence-corrected chi connectivity index (χ3v) is 3.13. The highest BCUT2D eigenvalue weighted by Gasteiger charge is 2.14. The van der Waals surface area contributed by atoms with E-state index in [2.05, 4.69) is 0 Å². The van der Waals surface area contributed by atoms with Crippen LogP contribution < -0.4 is 5.56 Å². The van der Waals surface area contributed by atoms with Gasteiger partial charge in [0.15, 0.2) is 0 Å². The summed E-state index contributed by atoms with van der Waals surface area (Å²) in [6.07, 6.45) is 0. The Labute approximate surface area is 113 Å². The standard InChI is InChI=1S/C15H10N2O3/c18-15-10-9-12-13(7-4-8-14(12)17(19)20)16(15)11-5-2-1-3-6-11/h1-10H. The van der Waals surface area contributed by atoms with Crippen molar-refractivity contribution in [3.8, 4) is 5.69 Å². The fourth-order valence-corrected chi connectivity index (χ4v) is 2.26. The van der Waals surface area contributed by atoms with Crippen molar-refractivity contribution in [3.05, 3.63) is 81.1 Å². The summed E-state index contributed by atoms with van der Waals surface area (Å²) in [4.78, 5) is 22.7. The van der Waals surface area contributed by atoms with E-state index in [1.54, 1.807) is 24.3 Å². The average Bonchev–Trinajstić information content (AvgIpc) is 2.47. The zero-order valence-corrected chi connectivity index (χ0v) is 10.4. The number of para-hydroxylation sites is 1. The first-order chi connectivity index (χ1) is 9.68. The van der Waals surface area contributed by atoms with Crippen LogP contribution in [0.15, 0.2) is 65.5 Å². The van der Waals surface area contributed by atoms with Gasteiger partial charge in [-0.05, 0) is 24.3 Å². The molecular formula is C15H10N2O3. The molecule has 5 heteroatoms. The molecule has 0 aliphatic heterocycles. The maximum atomic E-state index is 12.1. The van der Waals surface area contributed by atoms with Gasteiger partial charge in [-0.15, -0.1) is 0 Å². The third kappa shape index (κ3) is 1.85. The van der Waals surface area contributed by atoms with Crippen molar-refractivity contribution in [2.24, 2.45) is 0 Å². The molecule has 0 unspecified atom stereocenters. The summed E-state index contributed by atoms with van der Waals surface area (Å²) in [6, 6.07) is 16.6. The topological polar surface area (TPSA) is 65.1 Å². The van der Waals surface area contributed by atoms with E-state index in [0.717, 1.165) is 0 Å². The number of nitrogens with zero attached hydrogens (tertiary/aromatic N) is 2. The van der Waals surface area contributed by atoms with Gasteiger partial charge in [-0.1, -0.05) is 24.3 Å². The number of non-ortho nitro benzene ring substituents is 1. The van der Waals surface area contributed by atoms with Gasteiger partial charge in [-0.3, -0.25) is 19.5 Å². The molecular weight excluding hydrogens is 256 g/mol. The highest BCUT2D eigenvalue weighted by molar-refractivity contribution is 5.89. The van der Waals surface area contributed by atoms with Crippen LogP contribution in [-0.2, 0) is 0 Å². The van der Waals surface area contributed by atoms with Crippen molar-refractivity contribution in [2.45, 2.75) is 0 Å². The van der Waals surface area contributed by atoms with Crippen LogP contribution in [-0.4, -0.2) is 9.49 Å². The first kappa shape index (κ1) is 12.1. The van der Waals surface area contributed by atoms with Crippen molar-refractivity contribution < 1.29 is 4.92 Å². The van der Waals surface area contributed by atoms with Crippen LogP contribution in [0.5, 0.6) is 0 Å². The van der Waals surface area contributed by atoms with Crippen LogP contribution in [0.3, 0.4) is 0 Å². The lowest BCUT2D eigenvalue weighted by Crippen LogP contribution is -2.17. The molecule has 0 bridgehead atoms. The van der Waals surface area contributed by atoms with Crippen molar-refractivity contribution in [1.29, 1.82) is 0 Å². The Morgan fingerprint density at radius 2 is 1.65 bits per heavy atom. The van der Waals surface area contributed by atoms with E-state index in [9.17, 15) is 14.9 Å². The Balaban J connectivity index is 2.44. The van der Waals surface area contributed by atoms with E-state index in [-0.39, 0.29) is 11.2 Å². The molecule has 0 saturated heterocycles. The Hall–Kier alpha value is -2.95. The summed E-state index contributed by atoms with van der Waals surface area (Å²) in [5.74, 6) is 0. The number of fused-ring (bicyclic) bond motifs is 1. The molecule has 0 radical (unpaired) electrons. The van der Waals surface area contributed by atoms with Crippen molar-refractivity contribution in [2.75, 3.05) is 0 Å². The number of hydrogen-bond donors (Lipinski definition) is 0. The molecule has 20 heavy (non-hydrogen) atoms. The van der Waals surface area contributed by atoms with Gasteiger partial charge in [0.05, 0.1) is 15.8 Å². The van der Waals surface area contributed by atoms with E-state index in [4.69, 9.17) is 0 Å². The Morgan fingerprint density at radius 1 is 0.900 bits per heavy atom. The summed E-state index contributed by atoms with van der Waals surface area (Å²) < 4.78 is 1.47. The molecule has 0 saturated carbocycles. The van der Waals surface area contributed by atoms with Crippen LogP contribution in [0.2, 0.25) is 0 Å².